The second-order valence-electron chi connectivity index (χ2n) is 6.52. The Bertz CT molecular complexity index is 1310. The Balaban J connectivity index is 1.92. The van der Waals surface area contributed by atoms with Crippen molar-refractivity contribution in [2.45, 2.75) is 0 Å². The highest BCUT2D eigenvalue weighted by Gasteiger charge is 2.25. The predicted molar refractivity (Wildman–Crippen MR) is 117 cm³/mol. The van der Waals surface area contributed by atoms with Gasteiger partial charge in [-0.25, -0.2) is 4.79 Å². The van der Waals surface area contributed by atoms with Gasteiger partial charge in [0, 0.05) is 10.6 Å². The first-order valence-electron chi connectivity index (χ1n) is 9.28. The molecule has 0 aliphatic rings. The molecule has 4 rings (SSSR count). The van der Waals surface area contributed by atoms with E-state index in [4.69, 9.17) is 30.2 Å². The average Bonchev–Trinajstić information content (AvgIpc) is 2.80. The molecule has 156 valence electrons. The minimum absolute atomic E-state index is 0.0529. The molecule has 0 aliphatic heterocycles. The second kappa shape index (κ2) is 8.53. The third kappa shape index (κ3) is 3.85. The summed E-state index contributed by atoms with van der Waals surface area (Å²) in [5.41, 5.74) is 0.427. The fourth-order valence-corrected chi connectivity index (χ4v) is 3.39. The lowest BCUT2D eigenvalue weighted by atomic mass is 10.1. The highest BCUT2D eigenvalue weighted by atomic mass is 35.5. The third-order valence-corrected chi connectivity index (χ3v) is 4.91. The first kappa shape index (κ1) is 20.5. The van der Waals surface area contributed by atoms with E-state index in [1.807, 2.05) is 6.07 Å². The molecule has 0 bridgehead atoms. The third-order valence-electron chi connectivity index (χ3n) is 4.67. The van der Waals surface area contributed by atoms with Crippen LogP contribution < -0.4 is 19.6 Å². The molecule has 0 unspecified atom stereocenters. The summed E-state index contributed by atoms with van der Waals surface area (Å²) in [6.07, 6.45) is 0. The van der Waals surface area contributed by atoms with Crippen LogP contribution in [0.4, 0.5) is 0 Å². The van der Waals surface area contributed by atoms with Crippen molar-refractivity contribution in [3.05, 3.63) is 87.5 Å². The lowest BCUT2D eigenvalue weighted by molar-refractivity contribution is 0.0724. The summed E-state index contributed by atoms with van der Waals surface area (Å²) < 4.78 is 22.1. The zero-order chi connectivity index (χ0) is 22.0. The average molecular weight is 437 g/mol. The zero-order valence-electron chi connectivity index (χ0n) is 16.7. The molecule has 0 aliphatic carbocycles. The molecule has 3 aromatic carbocycles. The molecule has 0 saturated heterocycles. The number of benzene rings is 3. The van der Waals surface area contributed by atoms with Gasteiger partial charge in [-0.2, -0.15) is 0 Å². The van der Waals surface area contributed by atoms with E-state index in [9.17, 15) is 9.59 Å². The molecule has 0 spiro atoms. The molecule has 1 aromatic heterocycles. The van der Waals surface area contributed by atoms with Crippen molar-refractivity contribution >= 4 is 28.5 Å². The summed E-state index contributed by atoms with van der Waals surface area (Å²) in [7, 11) is 2.85. The van der Waals surface area contributed by atoms with Gasteiger partial charge in [-0.3, -0.25) is 4.79 Å². The summed E-state index contributed by atoms with van der Waals surface area (Å²) in [6, 6.07) is 18.5. The standard InChI is InChI=1S/C24H17ClO6/c1-28-18-9-6-10-19(29-2)20(18)24(27)31-23-21(26)16-13-15(25)11-12-17(16)30-22(23)14-7-4-3-5-8-14/h3-13H,1-2H3. The van der Waals surface area contributed by atoms with Crippen molar-refractivity contribution in [1.29, 1.82) is 0 Å². The SMILES string of the molecule is COc1cccc(OC)c1C(=O)Oc1c(-c2ccccc2)oc2ccc(Cl)cc2c1=O. The molecule has 1 heterocycles. The number of halogens is 1. The lowest BCUT2D eigenvalue weighted by Gasteiger charge is -2.14. The van der Waals surface area contributed by atoms with Crippen LogP contribution in [0.5, 0.6) is 17.2 Å². The Hall–Kier alpha value is -3.77. The maximum Gasteiger partial charge on any atom is 0.351 e. The molecular weight excluding hydrogens is 420 g/mol. The second-order valence-corrected chi connectivity index (χ2v) is 6.96. The number of carbonyl (C=O) groups is 1. The van der Waals surface area contributed by atoms with Crippen LogP contribution in [0.1, 0.15) is 10.4 Å². The predicted octanol–water partition coefficient (Wildman–Crippen LogP) is 5.35. The lowest BCUT2D eigenvalue weighted by Crippen LogP contribution is -2.17. The highest BCUT2D eigenvalue weighted by molar-refractivity contribution is 6.31. The van der Waals surface area contributed by atoms with Gasteiger partial charge in [0.2, 0.25) is 11.2 Å². The number of fused-ring (bicyclic) bond motifs is 1. The summed E-state index contributed by atoms with van der Waals surface area (Å²) in [6.45, 7) is 0. The van der Waals surface area contributed by atoms with Crippen LogP contribution in [0, 0.1) is 0 Å². The Morgan fingerprint density at radius 1 is 0.903 bits per heavy atom. The summed E-state index contributed by atoms with van der Waals surface area (Å²) in [5.74, 6) is -0.445. The molecule has 31 heavy (non-hydrogen) atoms. The van der Waals surface area contributed by atoms with Gasteiger partial charge in [-0.15, -0.1) is 0 Å². The van der Waals surface area contributed by atoms with Gasteiger partial charge in [0.25, 0.3) is 0 Å². The molecule has 6 nitrogen and oxygen atoms in total. The van der Waals surface area contributed by atoms with Crippen LogP contribution in [0.3, 0.4) is 0 Å². The largest absolute Gasteiger partial charge is 0.496 e. The fourth-order valence-electron chi connectivity index (χ4n) is 3.22. The number of carbonyl (C=O) groups excluding carboxylic acids is 1. The number of rotatable bonds is 5. The van der Waals surface area contributed by atoms with Crippen LogP contribution in [-0.4, -0.2) is 20.2 Å². The number of methoxy groups -OCH3 is 2. The molecule has 0 fully saturated rings. The smallest absolute Gasteiger partial charge is 0.351 e. The zero-order valence-corrected chi connectivity index (χ0v) is 17.4. The Kier molecular flexibility index (Phi) is 5.64. The van der Waals surface area contributed by atoms with E-state index in [0.29, 0.717) is 16.2 Å². The van der Waals surface area contributed by atoms with Gasteiger partial charge in [0.05, 0.1) is 19.6 Å². The molecule has 0 N–H and O–H groups in total. The van der Waals surface area contributed by atoms with Gasteiger partial charge >= 0.3 is 5.97 Å². The van der Waals surface area contributed by atoms with Gasteiger partial charge < -0.3 is 18.6 Å². The fraction of sp³-hybridized carbons (Fsp3) is 0.0833. The minimum Gasteiger partial charge on any atom is -0.496 e. The van der Waals surface area contributed by atoms with Crippen LogP contribution in [0.2, 0.25) is 5.02 Å². The molecule has 4 aromatic rings. The monoisotopic (exact) mass is 436 g/mol. The molecule has 0 amide bonds. The van der Waals surface area contributed by atoms with E-state index < -0.39 is 11.4 Å². The summed E-state index contributed by atoms with van der Waals surface area (Å²) in [4.78, 5) is 26.4. The van der Waals surface area contributed by atoms with Gasteiger partial charge in [-0.05, 0) is 30.3 Å². The van der Waals surface area contributed by atoms with E-state index in [0.717, 1.165) is 0 Å². The van der Waals surface area contributed by atoms with E-state index >= 15 is 0 Å². The Morgan fingerprint density at radius 2 is 1.58 bits per heavy atom. The Labute approximate surface area is 182 Å². The minimum atomic E-state index is -0.819. The van der Waals surface area contributed by atoms with Crippen molar-refractivity contribution in [3.8, 4) is 28.6 Å². The van der Waals surface area contributed by atoms with Crippen LogP contribution in [-0.2, 0) is 0 Å². The summed E-state index contributed by atoms with van der Waals surface area (Å²) >= 11 is 6.06. The van der Waals surface area contributed by atoms with Crippen molar-refractivity contribution in [1.82, 2.24) is 0 Å². The van der Waals surface area contributed by atoms with Crippen molar-refractivity contribution < 1.29 is 23.4 Å². The van der Waals surface area contributed by atoms with Crippen molar-refractivity contribution in [2.75, 3.05) is 14.2 Å². The number of ether oxygens (including phenoxy) is 3. The first-order chi connectivity index (χ1) is 15.0. The summed E-state index contributed by atoms with van der Waals surface area (Å²) in [5, 5.41) is 0.554. The van der Waals surface area contributed by atoms with Crippen molar-refractivity contribution in [3.63, 3.8) is 0 Å². The normalized spacial score (nSPS) is 10.7. The van der Waals surface area contributed by atoms with E-state index in [2.05, 4.69) is 0 Å². The Morgan fingerprint density at radius 3 is 2.23 bits per heavy atom. The number of hydrogen-bond acceptors (Lipinski definition) is 6. The van der Waals surface area contributed by atoms with E-state index in [-0.39, 0.29) is 34.0 Å². The quantitative estimate of drug-likeness (QED) is 0.392. The highest BCUT2D eigenvalue weighted by Crippen LogP contribution is 2.34. The van der Waals surface area contributed by atoms with Gasteiger partial charge in [0.1, 0.15) is 22.6 Å². The van der Waals surface area contributed by atoms with Crippen LogP contribution in [0.25, 0.3) is 22.3 Å². The van der Waals surface area contributed by atoms with Crippen molar-refractivity contribution in [2.24, 2.45) is 0 Å². The molecule has 0 radical (unpaired) electrons. The van der Waals surface area contributed by atoms with Crippen LogP contribution in [0.15, 0.2) is 75.9 Å². The van der Waals surface area contributed by atoms with Gasteiger partial charge in [-0.1, -0.05) is 48.0 Å². The molecule has 0 atom stereocenters. The molecule has 7 heteroatoms. The first-order valence-corrected chi connectivity index (χ1v) is 9.66. The maximum absolute atomic E-state index is 13.3. The van der Waals surface area contributed by atoms with Crippen LogP contribution >= 0.6 is 11.6 Å². The maximum atomic E-state index is 13.3. The number of hydrogen-bond donors (Lipinski definition) is 0. The van der Waals surface area contributed by atoms with E-state index in [1.54, 1.807) is 54.6 Å². The molecular formula is C24H17ClO6. The molecule has 0 saturated carbocycles. The van der Waals surface area contributed by atoms with E-state index in [1.165, 1.54) is 20.3 Å². The van der Waals surface area contributed by atoms with Gasteiger partial charge in [0.15, 0.2) is 5.76 Å². The number of esters is 1. The topological polar surface area (TPSA) is 75.0 Å².